The number of amides is 2. The van der Waals surface area contributed by atoms with Gasteiger partial charge in [0.15, 0.2) is 0 Å². The number of aliphatic hydroxyl groups excluding tert-OH is 1. The van der Waals surface area contributed by atoms with Crippen LogP contribution in [0, 0.1) is 23.7 Å². The van der Waals surface area contributed by atoms with Gasteiger partial charge in [-0.2, -0.15) is 0 Å². The number of rotatable bonds is 6. The molecule has 5 N–H and O–H groups in total. The van der Waals surface area contributed by atoms with E-state index in [-0.39, 0.29) is 0 Å². The van der Waals surface area contributed by atoms with Crippen LogP contribution in [0.5, 0.6) is 0 Å². The Morgan fingerprint density at radius 2 is 1.68 bits per heavy atom. The van der Waals surface area contributed by atoms with E-state index in [0.717, 1.165) is 11.1 Å². The monoisotopic (exact) mass is 463 g/mol. The van der Waals surface area contributed by atoms with Crippen molar-refractivity contribution in [1.82, 2.24) is 10.8 Å². The minimum absolute atomic E-state index is 0.324. The van der Waals surface area contributed by atoms with Crippen LogP contribution >= 0.6 is 0 Å². The molecule has 0 bridgehead atoms. The number of hydroxylamine groups is 1. The molecule has 0 spiro atoms. The van der Waals surface area contributed by atoms with E-state index in [1.807, 2.05) is 30.3 Å². The Labute approximate surface area is 199 Å². The fourth-order valence-electron chi connectivity index (χ4n) is 2.79. The molecule has 2 amide bonds. The van der Waals surface area contributed by atoms with Gasteiger partial charge in [-0.3, -0.25) is 20.6 Å². The smallest absolute Gasteiger partial charge is 0.412 e. The summed E-state index contributed by atoms with van der Waals surface area (Å²) in [6, 6.07) is 13.5. The lowest BCUT2D eigenvalue weighted by Crippen LogP contribution is -2.49. The number of ether oxygens (including phenoxy) is 1. The second kappa shape index (κ2) is 12.4. The van der Waals surface area contributed by atoms with Gasteiger partial charge in [0.2, 0.25) is 0 Å². The molecule has 2 aromatic rings. The van der Waals surface area contributed by atoms with Crippen LogP contribution in [0.25, 0.3) is 0 Å². The molecule has 2 rings (SSSR count). The van der Waals surface area contributed by atoms with Gasteiger partial charge in [-0.25, -0.2) is 10.3 Å². The average Bonchev–Trinajstić information content (AvgIpc) is 2.76. The highest BCUT2D eigenvalue weighted by Crippen LogP contribution is 2.13. The predicted molar refractivity (Wildman–Crippen MR) is 129 cm³/mol. The van der Waals surface area contributed by atoms with Crippen molar-refractivity contribution in [3.63, 3.8) is 0 Å². The van der Waals surface area contributed by atoms with Crippen LogP contribution in [-0.2, 0) is 16.1 Å². The summed E-state index contributed by atoms with van der Waals surface area (Å²) in [7, 11) is 0. The van der Waals surface area contributed by atoms with Gasteiger partial charge in [0.1, 0.15) is 11.6 Å². The lowest BCUT2D eigenvalue weighted by molar-refractivity contribution is -0.134. The zero-order valence-electron chi connectivity index (χ0n) is 19.6. The third-order valence-electron chi connectivity index (χ3n) is 4.34. The molecule has 0 aliphatic rings. The van der Waals surface area contributed by atoms with Crippen molar-refractivity contribution in [2.75, 3.05) is 5.32 Å². The molecule has 2 aromatic carbocycles. The van der Waals surface area contributed by atoms with Gasteiger partial charge in [-0.05, 0) is 75.4 Å². The van der Waals surface area contributed by atoms with Crippen LogP contribution in [0.2, 0.25) is 0 Å². The maximum Gasteiger partial charge on any atom is 0.412 e. The lowest BCUT2D eigenvalue weighted by atomic mass is 10.1. The van der Waals surface area contributed by atoms with Crippen molar-refractivity contribution in [3.8, 4) is 23.7 Å². The highest BCUT2D eigenvalue weighted by Gasteiger charge is 2.22. The van der Waals surface area contributed by atoms with E-state index in [2.05, 4.69) is 34.3 Å². The molecule has 0 radical (unpaired) electrons. The molecule has 8 heteroatoms. The maximum atomic E-state index is 11.9. The van der Waals surface area contributed by atoms with E-state index in [1.54, 1.807) is 39.0 Å². The Kier molecular flexibility index (Phi) is 9.66. The first kappa shape index (κ1) is 26.4. The Bertz CT molecular complexity index is 1110. The SMILES string of the molecule is C[C@@H](O)[C@H](NCc1ccc(C#CC#Cc2cccc(NC(=O)OC(C)(C)C)c2)cc1)C(=O)NO. The minimum atomic E-state index is -0.968. The molecule has 8 nitrogen and oxygen atoms in total. The zero-order valence-corrected chi connectivity index (χ0v) is 19.6. The lowest BCUT2D eigenvalue weighted by Gasteiger charge is -2.19. The molecule has 0 saturated carbocycles. The number of carbonyl (C=O) groups is 2. The fraction of sp³-hybridized carbons (Fsp3) is 0.308. The van der Waals surface area contributed by atoms with Gasteiger partial charge in [0, 0.05) is 23.4 Å². The zero-order chi connectivity index (χ0) is 25.1. The average molecular weight is 464 g/mol. The fourth-order valence-corrected chi connectivity index (χ4v) is 2.79. The summed E-state index contributed by atoms with van der Waals surface area (Å²) >= 11 is 0. The number of aliphatic hydroxyl groups is 1. The number of anilines is 1. The highest BCUT2D eigenvalue weighted by molar-refractivity contribution is 5.85. The number of hydrogen-bond acceptors (Lipinski definition) is 6. The second-order valence-corrected chi connectivity index (χ2v) is 8.48. The summed E-state index contributed by atoms with van der Waals surface area (Å²) in [5.74, 6) is 10.8. The van der Waals surface area contributed by atoms with Gasteiger partial charge in [-0.15, -0.1) is 0 Å². The number of hydrogen-bond donors (Lipinski definition) is 5. The maximum absolute atomic E-state index is 11.9. The Morgan fingerprint density at radius 3 is 2.26 bits per heavy atom. The summed E-state index contributed by atoms with van der Waals surface area (Å²) in [6.07, 6.45) is -1.50. The highest BCUT2D eigenvalue weighted by atomic mass is 16.6. The van der Waals surface area contributed by atoms with Gasteiger partial charge in [0.25, 0.3) is 5.91 Å². The molecule has 0 fully saturated rings. The van der Waals surface area contributed by atoms with Crippen LogP contribution in [0.3, 0.4) is 0 Å². The molecule has 0 saturated heterocycles. The van der Waals surface area contributed by atoms with Gasteiger partial charge >= 0.3 is 6.09 Å². The van der Waals surface area contributed by atoms with Crippen molar-refractivity contribution in [1.29, 1.82) is 0 Å². The largest absolute Gasteiger partial charge is 0.444 e. The first-order chi connectivity index (χ1) is 16.1. The number of benzene rings is 2. The Hall–Kier alpha value is -3.82. The molecule has 178 valence electrons. The second-order valence-electron chi connectivity index (χ2n) is 8.48. The molecular weight excluding hydrogens is 434 g/mol. The summed E-state index contributed by atoms with van der Waals surface area (Å²) in [4.78, 5) is 23.4. The standard InChI is InChI=1S/C26H29N3O5/c1-18(30)23(24(31)29-33)27-17-21-14-12-19(13-15-21)8-5-6-9-20-10-7-11-22(16-20)28-25(32)34-26(2,3)4/h7,10-16,18,23,27,30,33H,17H2,1-4H3,(H,28,32)(H,29,31)/t18-,23+/m1/s1. The summed E-state index contributed by atoms with van der Waals surface area (Å²) in [6.45, 7) is 7.17. The summed E-state index contributed by atoms with van der Waals surface area (Å²) in [5.41, 5.74) is 3.87. The van der Waals surface area contributed by atoms with Crippen molar-refractivity contribution in [2.24, 2.45) is 0 Å². The third kappa shape index (κ3) is 9.35. The first-order valence-corrected chi connectivity index (χ1v) is 10.6. The van der Waals surface area contributed by atoms with E-state index in [0.29, 0.717) is 17.8 Å². The molecule has 34 heavy (non-hydrogen) atoms. The normalized spacial score (nSPS) is 12.2. The molecule has 0 unspecified atom stereocenters. The van der Waals surface area contributed by atoms with E-state index in [1.165, 1.54) is 12.4 Å². The molecule has 2 atom stereocenters. The van der Waals surface area contributed by atoms with Gasteiger partial charge in [-0.1, -0.05) is 30.0 Å². The van der Waals surface area contributed by atoms with Crippen LogP contribution in [-0.4, -0.2) is 40.1 Å². The third-order valence-corrected chi connectivity index (χ3v) is 4.34. The van der Waals surface area contributed by atoms with Crippen molar-refractivity contribution >= 4 is 17.7 Å². The van der Waals surface area contributed by atoms with Gasteiger partial charge in [0.05, 0.1) is 6.10 Å². The molecule has 0 aliphatic carbocycles. The number of nitrogens with one attached hydrogen (secondary N) is 3. The van der Waals surface area contributed by atoms with Crippen molar-refractivity contribution in [2.45, 2.75) is 52.0 Å². The molecule has 0 heterocycles. The topological polar surface area (TPSA) is 120 Å². The molecule has 0 aliphatic heterocycles. The molecular formula is C26H29N3O5. The summed E-state index contributed by atoms with van der Waals surface area (Å²) < 4.78 is 5.24. The summed E-state index contributed by atoms with van der Waals surface area (Å²) in [5, 5.41) is 24.0. The van der Waals surface area contributed by atoms with E-state index >= 15 is 0 Å². The van der Waals surface area contributed by atoms with Crippen LogP contribution < -0.4 is 16.1 Å². The number of carbonyl (C=O) groups excluding carboxylic acids is 2. The van der Waals surface area contributed by atoms with E-state index < -0.39 is 29.7 Å². The minimum Gasteiger partial charge on any atom is -0.444 e. The predicted octanol–water partition coefficient (Wildman–Crippen LogP) is 2.78. The van der Waals surface area contributed by atoms with Crippen molar-refractivity contribution < 1.29 is 24.6 Å². The Morgan fingerprint density at radius 1 is 1.03 bits per heavy atom. The quantitative estimate of drug-likeness (QED) is 0.255. The van der Waals surface area contributed by atoms with E-state index in [9.17, 15) is 14.7 Å². The van der Waals surface area contributed by atoms with Gasteiger partial charge < -0.3 is 9.84 Å². The van der Waals surface area contributed by atoms with Crippen LogP contribution in [0.15, 0.2) is 48.5 Å². The first-order valence-electron chi connectivity index (χ1n) is 10.6. The Balaban J connectivity index is 1.95. The molecule has 0 aromatic heterocycles. The van der Waals surface area contributed by atoms with Crippen LogP contribution in [0.1, 0.15) is 44.4 Å². The van der Waals surface area contributed by atoms with Crippen molar-refractivity contribution in [3.05, 3.63) is 65.2 Å². The van der Waals surface area contributed by atoms with Crippen LogP contribution in [0.4, 0.5) is 10.5 Å². The van der Waals surface area contributed by atoms with E-state index in [4.69, 9.17) is 9.94 Å².